The van der Waals surface area contributed by atoms with Crippen molar-refractivity contribution in [3.05, 3.63) is 77.9 Å². The molecule has 0 radical (unpaired) electrons. The van der Waals surface area contributed by atoms with Crippen molar-refractivity contribution in [1.29, 1.82) is 0 Å². The van der Waals surface area contributed by atoms with Crippen molar-refractivity contribution in [2.75, 3.05) is 0 Å². The SMILES string of the molecule is C=C/C=C(\C(=C)C=C(C)C)c1ccccc1C. The normalized spacial score (nSPS) is 10.9. The summed E-state index contributed by atoms with van der Waals surface area (Å²) in [6, 6.07) is 8.33. The third kappa shape index (κ3) is 3.60. The maximum absolute atomic E-state index is 4.14. The molecule has 0 spiro atoms. The highest BCUT2D eigenvalue weighted by molar-refractivity contribution is 5.83. The van der Waals surface area contributed by atoms with Crippen LogP contribution in [0.4, 0.5) is 0 Å². The molecule has 0 aliphatic carbocycles. The van der Waals surface area contributed by atoms with Gasteiger partial charge in [0, 0.05) is 0 Å². The van der Waals surface area contributed by atoms with Gasteiger partial charge in [0.25, 0.3) is 0 Å². The van der Waals surface area contributed by atoms with Crippen LogP contribution >= 0.6 is 0 Å². The molecule has 0 atom stereocenters. The lowest BCUT2D eigenvalue weighted by Gasteiger charge is -2.11. The Labute approximate surface area is 105 Å². The Morgan fingerprint density at radius 3 is 2.35 bits per heavy atom. The van der Waals surface area contributed by atoms with Crippen LogP contribution in [0.3, 0.4) is 0 Å². The molecule has 1 aromatic rings. The minimum Gasteiger partial charge on any atom is -0.0990 e. The minimum atomic E-state index is 1.03. The number of benzene rings is 1. The van der Waals surface area contributed by atoms with Crippen LogP contribution in [0.5, 0.6) is 0 Å². The van der Waals surface area contributed by atoms with Crippen molar-refractivity contribution in [3.63, 3.8) is 0 Å². The number of allylic oxidation sites excluding steroid dienone is 6. The van der Waals surface area contributed by atoms with Crippen LogP contribution in [0.25, 0.3) is 5.57 Å². The predicted molar refractivity (Wildman–Crippen MR) is 77.9 cm³/mol. The minimum absolute atomic E-state index is 1.03. The average molecular weight is 224 g/mol. The lowest BCUT2D eigenvalue weighted by atomic mass is 9.94. The molecule has 0 saturated carbocycles. The zero-order valence-electron chi connectivity index (χ0n) is 11.0. The smallest absolute Gasteiger partial charge is 0.0115 e. The van der Waals surface area contributed by atoms with Gasteiger partial charge >= 0.3 is 0 Å². The van der Waals surface area contributed by atoms with Crippen molar-refractivity contribution in [1.82, 2.24) is 0 Å². The summed E-state index contributed by atoms with van der Waals surface area (Å²) in [7, 11) is 0. The second-order valence-electron chi connectivity index (χ2n) is 4.38. The van der Waals surface area contributed by atoms with Crippen molar-refractivity contribution in [2.24, 2.45) is 0 Å². The highest BCUT2D eigenvalue weighted by Gasteiger charge is 2.05. The number of aryl methyl sites for hydroxylation is 1. The number of rotatable bonds is 4. The molecule has 0 aliphatic heterocycles. The molecule has 88 valence electrons. The van der Waals surface area contributed by atoms with Gasteiger partial charge in [0.2, 0.25) is 0 Å². The molecule has 1 aromatic carbocycles. The van der Waals surface area contributed by atoms with Gasteiger partial charge in [-0.2, -0.15) is 0 Å². The fourth-order valence-corrected chi connectivity index (χ4v) is 1.79. The van der Waals surface area contributed by atoms with Crippen LogP contribution in [-0.2, 0) is 0 Å². The Morgan fingerprint density at radius 2 is 1.82 bits per heavy atom. The van der Waals surface area contributed by atoms with Crippen LogP contribution in [0.2, 0.25) is 0 Å². The molecular weight excluding hydrogens is 204 g/mol. The monoisotopic (exact) mass is 224 g/mol. The molecule has 1 rings (SSSR count). The molecule has 0 aromatic heterocycles. The topological polar surface area (TPSA) is 0 Å². The molecule has 0 aliphatic rings. The number of hydrogen-bond acceptors (Lipinski definition) is 0. The molecular formula is C17H20. The van der Waals surface area contributed by atoms with Gasteiger partial charge in [-0.15, -0.1) is 0 Å². The van der Waals surface area contributed by atoms with Crippen LogP contribution in [-0.4, -0.2) is 0 Å². The van der Waals surface area contributed by atoms with Gasteiger partial charge < -0.3 is 0 Å². The molecule has 0 bridgehead atoms. The van der Waals surface area contributed by atoms with E-state index in [9.17, 15) is 0 Å². The zero-order valence-corrected chi connectivity index (χ0v) is 11.0. The largest absolute Gasteiger partial charge is 0.0990 e. The van der Waals surface area contributed by atoms with E-state index in [2.05, 4.69) is 58.2 Å². The first-order chi connectivity index (χ1) is 8.06. The standard InChI is InChI=1S/C17H20/c1-6-9-16(15(5)12-13(2)3)17-11-8-7-10-14(17)4/h6-12H,1,5H2,2-4H3/b16-9+. The maximum Gasteiger partial charge on any atom is -0.0115 e. The van der Waals surface area contributed by atoms with Gasteiger partial charge in [0.1, 0.15) is 0 Å². The molecule has 0 unspecified atom stereocenters. The molecule has 0 amide bonds. The maximum atomic E-state index is 4.14. The molecule has 0 heteroatoms. The lowest BCUT2D eigenvalue weighted by Crippen LogP contribution is -1.90. The van der Waals surface area contributed by atoms with Crippen LogP contribution in [0, 0.1) is 6.92 Å². The summed E-state index contributed by atoms with van der Waals surface area (Å²) in [6.45, 7) is 14.2. The fraction of sp³-hybridized carbons (Fsp3) is 0.176. The molecule has 0 saturated heterocycles. The third-order valence-electron chi connectivity index (χ3n) is 2.53. The quantitative estimate of drug-likeness (QED) is 0.625. The van der Waals surface area contributed by atoms with Gasteiger partial charge in [0.05, 0.1) is 0 Å². The van der Waals surface area contributed by atoms with Gasteiger partial charge in [-0.25, -0.2) is 0 Å². The highest BCUT2D eigenvalue weighted by atomic mass is 14.1. The summed E-state index contributed by atoms with van der Waals surface area (Å²) in [4.78, 5) is 0. The molecule has 0 fully saturated rings. The summed E-state index contributed by atoms with van der Waals surface area (Å²) in [5.41, 5.74) is 5.89. The van der Waals surface area contributed by atoms with Crippen molar-refractivity contribution in [2.45, 2.75) is 20.8 Å². The van der Waals surface area contributed by atoms with Crippen molar-refractivity contribution < 1.29 is 0 Å². The van der Waals surface area contributed by atoms with E-state index in [1.807, 2.05) is 18.2 Å². The van der Waals surface area contributed by atoms with Gasteiger partial charge in [0.15, 0.2) is 0 Å². The summed E-state index contributed by atoms with van der Waals surface area (Å²) in [5.74, 6) is 0. The zero-order chi connectivity index (χ0) is 12.8. The third-order valence-corrected chi connectivity index (χ3v) is 2.53. The highest BCUT2D eigenvalue weighted by Crippen LogP contribution is 2.26. The Morgan fingerprint density at radius 1 is 1.18 bits per heavy atom. The summed E-state index contributed by atoms with van der Waals surface area (Å²) in [5, 5.41) is 0. The first-order valence-corrected chi connectivity index (χ1v) is 5.79. The van der Waals surface area contributed by atoms with E-state index >= 15 is 0 Å². The van der Waals surface area contributed by atoms with E-state index in [4.69, 9.17) is 0 Å². The molecule has 0 N–H and O–H groups in total. The van der Waals surface area contributed by atoms with E-state index in [0.717, 1.165) is 11.1 Å². The molecule has 0 heterocycles. The Bertz CT molecular complexity index is 481. The first-order valence-electron chi connectivity index (χ1n) is 5.79. The summed E-state index contributed by atoms with van der Waals surface area (Å²) >= 11 is 0. The predicted octanol–water partition coefficient (Wildman–Crippen LogP) is 5.09. The van der Waals surface area contributed by atoms with Crippen LogP contribution < -0.4 is 0 Å². The van der Waals surface area contributed by atoms with Crippen molar-refractivity contribution >= 4 is 5.57 Å². The van der Waals surface area contributed by atoms with E-state index < -0.39 is 0 Å². The van der Waals surface area contributed by atoms with Gasteiger partial charge in [-0.05, 0) is 43.0 Å². The second-order valence-corrected chi connectivity index (χ2v) is 4.38. The average Bonchev–Trinajstić information content (AvgIpc) is 2.26. The fourth-order valence-electron chi connectivity index (χ4n) is 1.79. The van der Waals surface area contributed by atoms with Gasteiger partial charge in [-0.1, -0.05) is 61.2 Å². The van der Waals surface area contributed by atoms with Gasteiger partial charge in [-0.3, -0.25) is 0 Å². The van der Waals surface area contributed by atoms with E-state index in [1.54, 1.807) is 0 Å². The molecule has 0 nitrogen and oxygen atoms in total. The summed E-state index contributed by atoms with van der Waals surface area (Å²) in [6.07, 6.45) is 5.93. The molecule has 17 heavy (non-hydrogen) atoms. The first kappa shape index (κ1) is 13.2. The number of hydrogen-bond donors (Lipinski definition) is 0. The van der Waals surface area contributed by atoms with Crippen LogP contribution in [0.1, 0.15) is 25.0 Å². The second kappa shape index (κ2) is 6.05. The Kier molecular flexibility index (Phi) is 4.71. The summed E-state index contributed by atoms with van der Waals surface area (Å²) < 4.78 is 0. The lowest BCUT2D eigenvalue weighted by molar-refractivity contribution is 1.37. The van der Waals surface area contributed by atoms with E-state index in [0.29, 0.717) is 0 Å². The Balaban J connectivity index is 3.25. The van der Waals surface area contributed by atoms with Crippen LogP contribution in [0.15, 0.2) is 66.8 Å². The Hall–Kier alpha value is -1.82. The van der Waals surface area contributed by atoms with E-state index in [1.165, 1.54) is 16.7 Å². The van der Waals surface area contributed by atoms with E-state index in [-0.39, 0.29) is 0 Å². The van der Waals surface area contributed by atoms with Crippen molar-refractivity contribution in [3.8, 4) is 0 Å².